The molecule has 0 aliphatic carbocycles. The number of hydrogen-bond donors (Lipinski definition) is 2. The zero-order chi connectivity index (χ0) is 23.1. The molecule has 2 amide bonds. The van der Waals surface area contributed by atoms with Crippen molar-refractivity contribution < 1.29 is 23.9 Å². The zero-order valence-corrected chi connectivity index (χ0v) is 19.4. The first-order valence-corrected chi connectivity index (χ1v) is 10.5. The number of amides is 2. The van der Waals surface area contributed by atoms with Crippen LogP contribution in [0.15, 0.2) is 30.3 Å². The molecular formula is C19H15Cl5N2O5. The molecule has 0 saturated heterocycles. The van der Waals surface area contributed by atoms with Gasteiger partial charge in [-0.1, -0.05) is 88.3 Å². The Balaban J connectivity index is 2.14. The summed E-state index contributed by atoms with van der Waals surface area (Å²) in [5.74, 6) is -2.04. The van der Waals surface area contributed by atoms with Crippen molar-refractivity contribution in [3.63, 3.8) is 0 Å². The van der Waals surface area contributed by atoms with E-state index in [1.165, 1.54) is 0 Å². The first kappa shape index (κ1) is 25.4. The monoisotopic (exact) mass is 526 g/mol. The van der Waals surface area contributed by atoms with Gasteiger partial charge in [0.25, 0.3) is 0 Å². The molecule has 0 aromatic heterocycles. The van der Waals surface area contributed by atoms with E-state index < -0.39 is 24.0 Å². The Bertz CT molecular complexity index is 958. The first-order chi connectivity index (χ1) is 14.6. The van der Waals surface area contributed by atoms with Gasteiger partial charge in [-0.05, 0) is 12.0 Å². The standard InChI is InChI=1S/C19H15Cl5N2O5/c20-12-13(21)15(23)17(16(24)14(12)22)31-18(28)10(6-7-11(25)27)26-19(29)30-8-9-4-2-1-3-5-9/h1-5,10H,6-8H2,(H2,25,27)(H,26,29). The highest BCUT2D eigenvalue weighted by Gasteiger charge is 2.28. The highest BCUT2D eigenvalue weighted by molar-refractivity contribution is 6.55. The van der Waals surface area contributed by atoms with Gasteiger partial charge in [-0.25, -0.2) is 9.59 Å². The van der Waals surface area contributed by atoms with Gasteiger partial charge >= 0.3 is 12.1 Å². The molecule has 2 aromatic carbocycles. The summed E-state index contributed by atoms with van der Waals surface area (Å²) in [5, 5.41) is 1.34. The lowest BCUT2D eigenvalue weighted by Crippen LogP contribution is -2.43. The second-order valence-electron chi connectivity index (χ2n) is 6.08. The van der Waals surface area contributed by atoms with Gasteiger partial charge in [0.05, 0.1) is 15.1 Å². The fourth-order valence-corrected chi connectivity index (χ4v) is 3.49. The summed E-state index contributed by atoms with van der Waals surface area (Å²) in [5.41, 5.74) is 5.87. The van der Waals surface area contributed by atoms with Gasteiger partial charge in [-0.15, -0.1) is 0 Å². The number of hydrogen-bond acceptors (Lipinski definition) is 5. The summed E-state index contributed by atoms with van der Waals surface area (Å²) >= 11 is 29.9. The van der Waals surface area contributed by atoms with Crippen molar-refractivity contribution >= 4 is 76.0 Å². The van der Waals surface area contributed by atoms with Crippen LogP contribution in [0.5, 0.6) is 5.75 Å². The van der Waals surface area contributed by atoms with Gasteiger partial charge in [0.1, 0.15) is 22.7 Å². The van der Waals surface area contributed by atoms with E-state index in [4.69, 9.17) is 73.2 Å². The van der Waals surface area contributed by atoms with Crippen LogP contribution in [-0.2, 0) is 20.9 Å². The van der Waals surface area contributed by atoms with E-state index in [-0.39, 0.29) is 50.3 Å². The number of nitrogens with two attached hydrogens (primary N) is 1. The van der Waals surface area contributed by atoms with Crippen LogP contribution >= 0.6 is 58.0 Å². The summed E-state index contributed by atoms with van der Waals surface area (Å²) in [6.45, 7) is -0.0374. The number of halogens is 5. The lowest BCUT2D eigenvalue weighted by Gasteiger charge is -2.19. The number of esters is 1. The van der Waals surface area contributed by atoms with Crippen molar-refractivity contribution in [3.05, 3.63) is 61.0 Å². The number of benzene rings is 2. The third-order valence-corrected chi connectivity index (χ3v) is 6.08. The predicted octanol–water partition coefficient (Wildman–Crippen LogP) is 5.42. The summed E-state index contributed by atoms with van der Waals surface area (Å²) in [4.78, 5) is 36.0. The minimum absolute atomic E-state index is 0.0374. The highest BCUT2D eigenvalue weighted by atomic mass is 35.5. The number of carbonyl (C=O) groups excluding carboxylic acids is 3. The molecule has 0 radical (unpaired) electrons. The van der Waals surface area contributed by atoms with E-state index in [0.29, 0.717) is 0 Å². The minimum atomic E-state index is -1.31. The smallest absolute Gasteiger partial charge is 0.408 e. The van der Waals surface area contributed by atoms with E-state index in [1.54, 1.807) is 24.3 Å². The van der Waals surface area contributed by atoms with E-state index in [9.17, 15) is 14.4 Å². The van der Waals surface area contributed by atoms with Gasteiger partial charge in [0.2, 0.25) is 5.91 Å². The lowest BCUT2D eigenvalue weighted by atomic mass is 10.1. The molecular weight excluding hydrogens is 513 g/mol. The number of alkyl carbamates (subject to hydrolysis) is 1. The van der Waals surface area contributed by atoms with Crippen LogP contribution in [-0.4, -0.2) is 24.0 Å². The number of nitrogens with one attached hydrogen (secondary N) is 1. The molecule has 0 spiro atoms. The molecule has 3 N–H and O–H groups in total. The van der Waals surface area contributed by atoms with Gasteiger partial charge in [0.15, 0.2) is 5.75 Å². The van der Waals surface area contributed by atoms with Gasteiger partial charge in [0, 0.05) is 6.42 Å². The summed E-state index contributed by atoms with van der Waals surface area (Å²) < 4.78 is 10.3. The maximum absolute atomic E-state index is 12.7. The molecule has 0 heterocycles. The van der Waals surface area contributed by atoms with E-state index in [2.05, 4.69) is 5.32 Å². The van der Waals surface area contributed by atoms with Crippen molar-refractivity contribution in [1.82, 2.24) is 5.32 Å². The van der Waals surface area contributed by atoms with Crippen molar-refractivity contribution in [2.75, 3.05) is 0 Å². The fourth-order valence-electron chi connectivity index (χ4n) is 2.29. The number of carbonyl (C=O) groups is 3. The Kier molecular flexibility index (Phi) is 9.53. The first-order valence-electron chi connectivity index (χ1n) is 8.60. The Hall–Kier alpha value is -1.90. The van der Waals surface area contributed by atoms with Crippen molar-refractivity contribution in [2.45, 2.75) is 25.5 Å². The summed E-state index contributed by atoms with van der Waals surface area (Å²) in [6.07, 6.45) is -1.30. The molecule has 0 fully saturated rings. The molecule has 7 nitrogen and oxygen atoms in total. The largest absolute Gasteiger partial charge is 0.445 e. The lowest BCUT2D eigenvalue weighted by molar-refractivity contribution is -0.136. The second-order valence-corrected chi connectivity index (χ2v) is 7.97. The fraction of sp³-hybridized carbons (Fsp3) is 0.211. The Morgan fingerprint density at radius 2 is 1.45 bits per heavy atom. The van der Waals surface area contributed by atoms with Crippen LogP contribution in [0.1, 0.15) is 18.4 Å². The highest BCUT2D eigenvalue weighted by Crippen LogP contribution is 2.48. The molecule has 0 saturated carbocycles. The van der Waals surface area contributed by atoms with Crippen molar-refractivity contribution in [3.8, 4) is 5.75 Å². The third kappa shape index (κ3) is 7.05. The summed E-state index contributed by atoms with van der Waals surface area (Å²) in [7, 11) is 0. The number of rotatable bonds is 8. The Labute approximate surface area is 202 Å². The molecule has 2 aromatic rings. The van der Waals surface area contributed by atoms with Crippen LogP contribution in [0.3, 0.4) is 0 Å². The Morgan fingerprint density at radius 3 is 2.00 bits per heavy atom. The van der Waals surface area contributed by atoms with Gasteiger partial charge in [-0.2, -0.15) is 0 Å². The Morgan fingerprint density at radius 1 is 0.903 bits per heavy atom. The topological polar surface area (TPSA) is 108 Å². The molecule has 2 rings (SSSR count). The molecule has 0 bridgehead atoms. The normalized spacial score (nSPS) is 11.5. The molecule has 0 aliphatic rings. The number of primary amides is 1. The molecule has 1 atom stereocenters. The average Bonchev–Trinajstić information content (AvgIpc) is 2.75. The predicted molar refractivity (Wildman–Crippen MR) is 119 cm³/mol. The van der Waals surface area contributed by atoms with Crippen LogP contribution in [0.25, 0.3) is 0 Å². The van der Waals surface area contributed by atoms with E-state index in [1.807, 2.05) is 6.07 Å². The summed E-state index contributed by atoms with van der Waals surface area (Å²) in [6, 6.07) is 7.56. The molecule has 0 aliphatic heterocycles. The quantitative estimate of drug-likeness (QED) is 0.206. The van der Waals surface area contributed by atoms with Crippen LogP contribution in [0.4, 0.5) is 4.79 Å². The second kappa shape index (κ2) is 11.6. The molecule has 31 heavy (non-hydrogen) atoms. The van der Waals surface area contributed by atoms with Crippen LogP contribution in [0.2, 0.25) is 25.1 Å². The number of ether oxygens (including phenoxy) is 2. The third-order valence-electron chi connectivity index (χ3n) is 3.84. The zero-order valence-electron chi connectivity index (χ0n) is 15.6. The van der Waals surface area contributed by atoms with Crippen molar-refractivity contribution in [2.24, 2.45) is 5.73 Å². The van der Waals surface area contributed by atoms with E-state index in [0.717, 1.165) is 5.56 Å². The maximum atomic E-state index is 12.7. The average molecular weight is 529 g/mol. The van der Waals surface area contributed by atoms with Gasteiger partial charge < -0.3 is 20.5 Å². The minimum Gasteiger partial charge on any atom is -0.445 e. The van der Waals surface area contributed by atoms with Crippen molar-refractivity contribution in [1.29, 1.82) is 0 Å². The maximum Gasteiger partial charge on any atom is 0.408 e. The molecule has 166 valence electrons. The van der Waals surface area contributed by atoms with Gasteiger partial charge in [-0.3, -0.25) is 4.79 Å². The van der Waals surface area contributed by atoms with Crippen LogP contribution < -0.4 is 15.8 Å². The van der Waals surface area contributed by atoms with E-state index >= 15 is 0 Å². The molecule has 12 heteroatoms. The van der Waals surface area contributed by atoms with Crippen LogP contribution in [0, 0.1) is 0 Å². The SMILES string of the molecule is NC(=O)CCC(NC(=O)OCc1ccccc1)C(=O)Oc1c(Cl)c(Cl)c(Cl)c(Cl)c1Cl. The molecule has 1 unspecified atom stereocenters.